The Balaban J connectivity index is 1.50. The topological polar surface area (TPSA) is 55.6 Å². The summed E-state index contributed by atoms with van der Waals surface area (Å²) in [5, 5.41) is 0. The first-order valence-electron chi connectivity index (χ1n) is 13.9. The Morgan fingerprint density at radius 3 is 2.44 bits per heavy atom. The lowest BCUT2D eigenvalue weighted by Crippen LogP contribution is -2.49. The van der Waals surface area contributed by atoms with Gasteiger partial charge < -0.3 is 15.4 Å². The molecule has 0 saturated carbocycles. The van der Waals surface area contributed by atoms with Gasteiger partial charge in [-0.1, -0.05) is 72.8 Å². The van der Waals surface area contributed by atoms with Crippen LogP contribution in [-0.4, -0.2) is 37.0 Å². The van der Waals surface area contributed by atoms with Gasteiger partial charge >= 0.3 is 0 Å². The number of nitrogens with zero attached hydrogens (tertiary/aromatic N) is 1. The average Bonchev–Trinajstić information content (AvgIpc) is 3.49. The van der Waals surface area contributed by atoms with Crippen molar-refractivity contribution < 1.29 is 17.8 Å². The average molecular weight is 433 g/mol. The van der Waals surface area contributed by atoms with E-state index in [-0.39, 0.29) is 25.1 Å². The van der Waals surface area contributed by atoms with Crippen LogP contribution < -0.4 is 10.5 Å². The van der Waals surface area contributed by atoms with E-state index in [9.17, 15) is 4.79 Å². The summed E-state index contributed by atoms with van der Waals surface area (Å²) in [6.07, 6.45) is -2.02. The number of ether oxygens (including phenoxy) is 1. The second-order valence-corrected chi connectivity index (χ2v) is 8.32. The number of rotatable bonds is 7. The number of amides is 1. The summed E-state index contributed by atoms with van der Waals surface area (Å²) in [6, 6.07) is 23.0. The van der Waals surface area contributed by atoms with Crippen LogP contribution in [-0.2, 0) is 23.0 Å². The first kappa shape index (κ1) is 14.9. The van der Waals surface area contributed by atoms with Crippen LogP contribution in [0.15, 0.2) is 78.9 Å². The SMILES string of the molecule is [2H]C1([2H])Cc2cc(C([2H])([2H])C([2H])([2H])N3CC[C@@H](C(C(N)=O)(c4ccccc4)c4ccccc4)C3)ccc2O1. The molecule has 4 heteroatoms. The van der Waals surface area contributed by atoms with E-state index < -0.39 is 36.7 Å². The van der Waals surface area contributed by atoms with Gasteiger partial charge in [-0.2, -0.15) is 0 Å². The van der Waals surface area contributed by atoms with Crippen LogP contribution in [0.5, 0.6) is 5.75 Å². The molecule has 1 fully saturated rings. The maximum Gasteiger partial charge on any atom is 0.232 e. The number of carbonyl (C=O) groups is 1. The highest BCUT2D eigenvalue weighted by Crippen LogP contribution is 2.43. The second kappa shape index (κ2) is 8.79. The van der Waals surface area contributed by atoms with Crippen molar-refractivity contribution in [1.29, 1.82) is 0 Å². The van der Waals surface area contributed by atoms with Crippen LogP contribution in [0.3, 0.4) is 0 Å². The van der Waals surface area contributed by atoms with Crippen molar-refractivity contribution in [2.75, 3.05) is 26.1 Å². The minimum Gasteiger partial charge on any atom is -0.493 e. The molecule has 1 amide bonds. The molecule has 0 bridgehead atoms. The molecular weight excluding hydrogens is 396 g/mol. The van der Waals surface area contributed by atoms with Gasteiger partial charge in [-0.3, -0.25) is 4.79 Å². The van der Waals surface area contributed by atoms with Crippen LogP contribution >= 0.6 is 0 Å². The standard InChI is InChI=1S/C28H30N2O2/c29-27(31)28(23-7-3-1-4-8-23,24-9-5-2-6-10-24)25-14-17-30(20-25)16-13-21-11-12-26-22(19-21)15-18-32-26/h1-12,19,25H,13-18,20H2,(H2,29,31)/t25-/m1/s1/i13D2,16D2,18D2. The minimum absolute atomic E-state index is 0.0314. The molecule has 2 aliphatic heterocycles. The van der Waals surface area contributed by atoms with Crippen LogP contribution in [0.1, 0.15) is 36.9 Å². The molecule has 1 atom stereocenters. The number of aryl methyl sites for hydroxylation is 2. The Kier molecular flexibility index (Phi) is 4.08. The van der Waals surface area contributed by atoms with E-state index in [4.69, 9.17) is 18.7 Å². The Labute approximate surface area is 198 Å². The molecule has 0 spiro atoms. The van der Waals surface area contributed by atoms with E-state index in [1.807, 2.05) is 60.7 Å². The van der Waals surface area contributed by atoms with Crippen LogP contribution in [0.4, 0.5) is 0 Å². The quantitative estimate of drug-likeness (QED) is 0.615. The molecule has 0 radical (unpaired) electrons. The van der Waals surface area contributed by atoms with Crippen molar-refractivity contribution in [3.8, 4) is 5.75 Å². The van der Waals surface area contributed by atoms with Gasteiger partial charge in [0.15, 0.2) is 0 Å². The van der Waals surface area contributed by atoms with Crippen molar-refractivity contribution in [3.63, 3.8) is 0 Å². The molecule has 1 saturated heterocycles. The highest BCUT2D eigenvalue weighted by atomic mass is 16.5. The molecule has 0 aliphatic carbocycles. The minimum atomic E-state index is -2.43. The molecule has 4 nitrogen and oxygen atoms in total. The molecule has 0 unspecified atom stereocenters. The molecule has 3 aromatic rings. The van der Waals surface area contributed by atoms with Gasteiger partial charge in [-0.15, -0.1) is 0 Å². The molecule has 5 rings (SSSR count). The molecular formula is C28H30N2O2. The maximum atomic E-state index is 13.3. The van der Waals surface area contributed by atoms with Crippen molar-refractivity contribution in [3.05, 3.63) is 101 Å². The highest BCUT2D eigenvalue weighted by Gasteiger charge is 2.49. The summed E-state index contributed by atoms with van der Waals surface area (Å²) < 4.78 is 56.6. The Hall–Kier alpha value is -3.11. The van der Waals surface area contributed by atoms with E-state index in [0.29, 0.717) is 17.7 Å². The summed E-state index contributed by atoms with van der Waals surface area (Å²) in [4.78, 5) is 14.8. The number of benzene rings is 3. The van der Waals surface area contributed by atoms with Crippen LogP contribution in [0.25, 0.3) is 0 Å². The fourth-order valence-corrected chi connectivity index (χ4v) is 4.97. The van der Waals surface area contributed by atoms with Crippen molar-refractivity contribution in [2.45, 2.75) is 24.6 Å². The highest BCUT2D eigenvalue weighted by molar-refractivity contribution is 5.91. The lowest BCUT2D eigenvalue weighted by Gasteiger charge is -2.37. The summed E-state index contributed by atoms with van der Waals surface area (Å²) in [5.41, 5.74) is 7.01. The normalized spacial score (nSPS) is 23.6. The molecule has 3 aromatic carbocycles. The largest absolute Gasteiger partial charge is 0.493 e. The molecule has 2 aliphatic rings. The third-order valence-corrected chi connectivity index (χ3v) is 6.51. The van der Waals surface area contributed by atoms with Gasteiger partial charge in [0, 0.05) is 24.9 Å². The second-order valence-electron chi connectivity index (χ2n) is 8.32. The number of primary amides is 1. The fraction of sp³-hybridized carbons (Fsp3) is 0.321. The van der Waals surface area contributed by atoms with E-state index in [0.717, 1.165) is 11.1 Å². The van der Waals surface area contributed by atoms with Crippen molar-refractivity contribution in [2.24, 2.45) is 11.7 Å². The predicted octanol–water partition coefficient (Wildman–Crippen LogP) is 3.96. The number of fused-ring (bicyclic) bond motifs is 1. The Morgan fingerprint density at radius 2 is 1.78 bits per heavy atom. The smallest absolute Gasteiger partial charge is 0.232 e. The van der Waals surface area contributed by atoms with E-state index >= 15 is 0 Å². The third kappa shape index (κ3) is 3.69. The summed E-state index contributed by atoms with van der Waals surface area (Å²) in [6.45, 7) is -3.94. The summed E-state index contributed by atoms with van der Waals surface area (Å²) >= 11 is 0. The van der Waals surface area contributed by atoms with Gasteiger partial charge in [-0.05, 0) is 53.6 Å². The predicted molar refractivity (Wildman–Crippen MR) is 127 cm³/mol. The zero-order valence-corrected chi connectivity index (χ0v) is 17.8. The monoisotopic (exact) mass is 432 g/mol. The first-order chi connectivity index (χ1) is 17.9. The van der Waals surface area contributed by atoms with Gasteiger partial charge in [-0.25, -0.2) is 0 Å². The van der Waals surface area contributed by atoms with Crippen molar-refractivity contribution >= 4 is 5.91 Å². The maximum absolute atomic E-state index is 13.3. The summed E-state index contributed by atoms with van der Waals surface area (Å²) in [5.74, 6) is -0.581. The molecule has 32 heavy (non-hydrogen) atoms. The zero-order valence-electron chi connectivity index (χ0n) is 23.8. The van der Waals surface area contributed by atoms with Gasteiger partial charge in [0.1, 0.15) is 11.2 Å². The van der Waals surface area contributed by atoms with Crippen LogP contribution in [0.2, 0.25) is 0 Å². The van der Waals surface area contributed by atoms with E-state index in [2.05, 4.69) is 0 Å². The number of nitrogens with two attached hydrogens (primary N) is 1. The fourth-order valence-electron chi connectivity index (χ4n) is 4.97. The third-order valence-electron chi connectivity index (χ3n) is 6.51. The lowest BCUT2D eigenvalue weighted by atomic mass is 9.64. The molecule has 164 valence electrons. The van der Waals surface area contributed by atoms with Crippen LogP contribution in [0, 0.1) is 5.92 Å². The molecule has 2 heterocycles. The number of carbonyl (C=O) groups excluding carboxylic acids is 1. The van der Waals surface area contributed by atoms with Gasteiger partial charge in [0.25, 0.3) is 0 Å². The van der Waals surface area contributed by atoms with E-state index in [1.165, 1.54) is 23.1 Å². The Morgan fingerprint density at radius 1 is 1.09 bits per heavy atom. The number of hydrogen-bond donors (Lipinski definition) is 1. The van der Waals surface area contributed by atoms with Crippen molar-refractivity contribution in [1.82, 2.24) is 4.90 Å². The number of likely N-dealkylation sites (tertiary alicyclic amines) is 1. The summed E-state index contributed by atoms with van der Waals surface area (Å²) in [7, 11) is 0. The molecule has 0 aromatic heterocycles. The first-order valence-corrected chi connectivity index (χ1v) is 10.9. The zero-order chi connectivity index (χ0) is 27.3. The van der Waals surface area contributed by atoms with E-state index in [1.54, 1.807) is 0 Å². The Bertz CT molecular complexity index is 1290. The number of hydrogen-bond acceptors (Lipinski definition) is 3. The van der Waals surface area contributed by atoms with Gasteiger partial charge in [0.2, 0.25) is 5.91 Å². The molecule has 2 N–H and O–H groups in total. The lowest BCUT2D eigenvalue weighted by molar-refractivity contribution is -0.123. The van der Waals surface area contributed by atoms with Gasteiger partial charge in [0.05, 0.1) is 9.30 Å².